The van der Waals surface area contributed by atoms with E-state index in [4.69, 9.17) is 0 Å². The third-order valence-corrected chi connectivity index (χ3v) is 6.24. The van der Waals surface area contributed by atoms with Crippen LogP contribution in [-0.2, 0) is 4.79 Å². The van der Waals surface area contributed by atoms with Crippen molar-refractivity contribution in [1.29, 1.82) is 0 Å². The average Bonchev–Trinajstić information content (AvgIpc) is 3.01. The third kappa shape index (κ3) is 4.24. The molecule has 2 aliphatic heterocycles. The van der Waals surface area contributed by atoms with Crippen molar-refractivity contribution >= 4 is 17.5 Å². The number of carbonyl (C=O) groups excluding carboxylic acids is 2. The Kier molecular flexibility index (Phi) is 6.13. The Morgan fingerprint density at radius 2 is 2.10 bits per heavy atom. The van der Waals surface area contributed by atoms with Crippen LogP contribution in [0.4, 0.5) is 5.69 Å². The van der Waals surface area contributed by atoms with E-state index in [1.807, 2.05) is 31.2 Å². The molecule has 1 aromatic carbocycles. The van der Waals surface area contributed by atoms with Crippen molar-refractivity contribution in [2.24, 2.45) is 0 Å². The van der Waals surface area contributed by atoms with E-state index < -0.39 is 0 Å². The number of fused-ring (bicyclic) bond motifs is 1. The normalized spacial score (nSPS) is 21.5. The lowest BCUT2D eigenvalue weighted by Crippen LogP contribution is -2.43. The number of piperidine rings is 1. The molecule has 30 heavy (non-hydrogen) atoms. The lowest BCUT2D eigenvalue weighted by atomic mass is 10.0. The Bertz CT molecular complexity index is 929. The van der Waals surface area contributed by atoms with E-state index in [9.17, 15) is 9.59 Å². The zero-order valence-electron chi connectivity index (χ0n) is 17.8. The fourth-order valence-electron chi connectivity index (χ4n) is 4.60. The summed E-state index contributed by atoms with van der Waals surface area (Å²) in [5, 5.41) is 3.06. The Morgan fingerprint density at radius 1 is 1.23 bits per heavy atom. The smallest absolute Gasteiger partial charge is 0.260 e. The van der Waals surface area contributed by atoms with Crippen molar-refractivity contribution in [1.82, 2.24) is 15.2 Å². The van der Waals surface area contributed by atoms with Crippen molar-refractivity contribution in [3.05, 3.63) is 59.4 Å². The first-order chi connectivity index (χ1) is 14.5. The van der Waals surface area contributed by atoms with Gasteiger partial charge in [0.05, 0.1) is 23.7 Å². The number of rotatable bonds is 6. The number of aromatic nitrogens is 1. The van der Waals surface area contributed by atoms with Gasteiger partial charge in [0.2, 0.25) is 5.91 Å². The lowest BCUT2D eigenvalue weighted by molar-refractivity contribution is -0.121. The first-order valence-corrected chi connectivity index (χ1v) is 10.9. The first kappa shape index (κ1) is 20.5. The fourth-order valence-corrected chi connectivity index (χ4v) is 4.60. The quantitative estimate of drug-likeness (QED) is 0.798. The molecule has 2 amide bonds. The highest BCUT2D eigenvalue weighted by Crippen LogP contribution is 2.38. The summed E-state index contributed by atoms with van der Waals surface area (Å²) < 4.78 is 0. The molecule has 0 bridgehead atoms. The van der Waals surface area contributed by atoms with Gasteiger partial charge in [-0.1, -0.05) is 18.6 Å². The summed E-state index contributed by atoms with van der Waals surface area (Å²) in [7, 11) is 0. The number of hydrogen-bond acceptors (Lipinski definition) is 4. The molecule has 0 aliphatic carbocycles. The number of benzene rings is 1. The van der Waals surface area contributed by atoms with Crippen molar-refractivity contribution in [2.45, 2.75) is 51.6 Å². The summed E-state index contributed by atoms with van der Waals surface area (Å²) in [5.74, 6) is -0.141. The molecule has 6 nitrogen and oxygen atoms in total. The number of likely N-dealkylation sites (tertiary alicyclic amines) is 1. The number of anilines is 1. The van der Waals surface area contributed by atoms with Crippen molar-refractivity contribution in [3.8, 4) is 0 Å². The van der Waals surface area contributed by atoms with Crippen LogP contribution in [0.3, 0.4) is 0 Å². The third-order valence-electron chi connectivity index (χ3n) is 6.24. The molecular formula is C24H30N4O2. The summed E-state index contributed by atoms with van der Waals surface area (Å²) in [6.07, 6.45) is 5.65. The highest BCUT2D eigenvalue weighted by Gasteiger charge is 2.39. The van der Waals surface area contributed by atoms with Crippen LogP contribution < -0.4 is 10.2 Å². The van der Waals surface area contributed by atoms with E-state index >= 15 is 0 Å². The fraction of sp³-hybridized carbons (Fsp3) is 0.458. The van der Waals surface area contributed by atoms with Crippen LogP contribution in [0.1, 0.15) is 60.3 Å². The molecule has 0 radical (unpaired) electrons. The molecule has 2 aromatic rings. The number of nitrogens with one attached hydrogen (secondary N) is 1. The highest BCUT2D eigenvalue weighted by atomic mass is 16.2. The number of aryl methyl sites for hydroxylation is 1. The van der Waals surface area contributed by atoms with Gasteiger partial charge in [0.25, 0.3) is 5.91 Å². The highest BCUT2D eigenvalue weighted by molar-refractivity contribution is 6.11. The van der Waals surface area contributed by atoms with Crippen molar-refractivity contribution in [3.63, 3.8) is 0 Å². The molecule has 0 spiro atoms. The number of amides is 2. The number of pyridine rings is 1. The predicted octanol–water partition coefficient (Wildman–Crippen LogP) is 3.47. The molecule has 6 heteroatoms. The van der Waals surface area contributed by atoms with Crippen LogP contribution in [-0.4, -0.2) is 47.4 Å². The van der Waals surface area contributed by atoms with E-state index in [1.165, 1.54) is 19.3 Å². The second kappa shape index (κ2) is 8.96. The van der Waals surface area contributed by atoms with Crippen molar-refractivity contribution in [2.75, 3.05) is 24.5 Å². The average molecular weight is 407 g/mol. The zero-order valence-corrected chi connectivity index (χ0v) is 17.8. The Hall–Kier alpha value is -2.73. The van der Waals surface area contributed by atoms with Gasteiger partial charge < -0.3 is 5.32 Å². The van der Waals surface area contributed by atoms with Gasteiger partial charge in [0.15, 0.2) is 0 Å². The topological polar surface area (TPSA) is 65.5 Å². The standard InChI is InChI=1S/C24H30N4O2/c1-17-7-5-9-19(15-17)28-21(23-20(24(28)30)10-6-11-26-23)16-22(29)25-12-14-27-13-4-3-8-18(27)2/h5-7,9-11,15,18,21H,3-4,8,12-14,16H2,1-2H3,(H,25,29). The van der Waals surface area contributed by atoms with Gasteiger partial charge in [-0.15, -0.1) is 0 Å². The predicted molar refractivity (Wildman–Crippen MR) is 117 cm³/mol. The molecule has 4 rings (SSSR count). The Labute approximate surface area is 178 Å². The van der Waals surface area contributed by atoms with Crippen LogP contribution in [0.15, 0.2) is 42.6 Å². The summed E-state index contributed by atoms with van der Waals surface area (Å²) in [5.41, 5.74) is 3.14. The van der Waals surface area contributed by atoms with E-state index in [2.05, 4.69) is 22.1 Å². The molecule has 1 saturated heterocycles. The first-order valence-electron chi connectivity index (χ1n) is 10.9. The zero-order chi connectivity index (χ0) is 21.1. The van der Waals surface area contributed by atoms with E-state index in [0.29, 0.717) is 23.8 Å². The van der Waals surface area contributed by atoms with Gasteiger partial charge in [0.1, 0.15) is 0 Å². The molecular weight excluding hydrogens is 376 g/mol. The molecule has 1 fully saturated rings. The number of hydrogen-bond donors (Lipinski definition) is 1. The molecule has 1 N–H and O–H groups in total. The van der Waals surface area contributed by atoms with Crippen LogP contribution >= 0.6 is 0 Å². The second-order valence-electron chi connectivity index (χ2n) is 8.40. The minimum atomic E-state index is -0.385. The molecule has 0 saturated carbocycles. The van der Waals surface area contributed by atoms with Gasteiger partial charge in [-0.2, -0.15) is 0 Å². The van der Waals surface area contributed by atoms with E-state index in [0.717, 1.165) is 24.3 Å². The molecule has 1 aromatic heterocycles. The van der Waals surface area contributed by atoms with Gasteiger partial charge in [-0.3, -0.25) is 24.4 Å². The molecule has 2 atom stereocenters. The maximum atomic E-state index is 13.1. The number of carbonyl (C=O) groups is 2. The minimum absolute atomic E-state index is 0.0476. The lowest BCUT2D eigenvalue weighted by Gasteiger charge is -2.33. The van der Waals surface area contributed by atoms with Gasteiger partial charge in [0, 0.05) is 31.0 Å². The monoisotopic (exact) mass is 406 g/mol. The Balaban J connectivity index is 1.46. The minimum Gasteiger partial charge on any atom is -0.355 e. The largest absolute Gasteiger partial charge is 0.355 e. The van der Waals surface area contributed by atoms with Gasteiger partial charge in [-0.25, -0.2) is 0 Å². The summed E-state index contributed by atoms with van der Waals surface area (Å²) in [4.78, 5) is 34.5. The van der Waals surface area contributed by atoms with E-state index in [1.54, 1.807) is 23.2 Å². The summed E-state index contributed by atoms with van der Waals surface area (Å²) >= 11 is 0. The maximum Gasteiger partial charge on any atom is 0.260 e. The molecule has 158 valence electrons. The van der Waals surface area contributed by atoms with Gasteiger partial charge in [-0.05, 0) is 63.1 Å². The SMILES string of the molecule is Cc1cccc(N2C(=O)c3cccnc3C2CC(=O)NCCN2CCCCC2C)c1. The van der Waals surface area contributed by atoms with Crippen LogP contribution in [0.25, 0.3) is 0 Å². The van der Waals surface area contributed by atoms with Gasteiger partial charge >= 0.3 is 0 Å². The van der Waals surface area contributed by atoms with Crippen LogP contribution in [0.2, 0.25) is 0 Å². The molecule has 2 aliphatic rings. The Morgan fingerprint density at radius 3 is 2.90 bits per heavy atom. The summed E-state index contributed by atoms with van der Waals surface area (Å²) in [6.45, 7) is 6.86. The van der Waals surface area contributed by atoms with Crippen LogP contribution in [0, 0.1) is 6.92 Å². The van der Waals surface area contributed by atoms with Crippen LogP contribution in [0.5, 0.6) is 0 Å². The summed E-state index contributed by atoms with van der Waals surface area (Å²) in [6, 6.07) is 11.6. The second-order valence-corrected chi connectivity index (χ2v) is 8.40. The van der Waals surface area contributed by atoms with E-state index in [-0.39, 0.29) is 24.3 Å². The maximum absolute atomic E-state index is 13.1. The van der Waals surface area contributed by atoms with Crippen molar-refractivity contribution < 1.29 is 9.59 Å². The molecule has 3 heterocycles. The molecule has 2 unspecified atom stereocenters. The number of nitrogens with zero attached hydrogens (tertiary/aromatic N) is 3.